The van der Waals surface area contributed by atoms with Gasteiger partial charge in [0, 0.05) is 11.1 Å². The summed E-state index contributed by atoms with van der Waals surface area (Å²) in [5.74, 6) is 0.223. The van der Waals surface area contributed by atoms with Crippen molar-refractivity contribution in [2.24, 2.45) is 11.7 Å². The molecule has 2 aromatic rings. The zero-order chi connectivity index (χ0) is 17.8. The highest BCUT2D eigenvalue weighted by Crippen LogP contribution is 2.47. The normalized spacial score (nSPS) is 21.5. The number of allylic oxidation sites excluding steroid dienone is 1. The molecule has 1 aromatic carbocycles. The van der Waals surface area contributed by atoms with Gasteiger partial charge in [0.15, 0.2) is 0 Å². The summed E-state index contributed by atoms with van der Waals surface area (Å²) < 4.78 is 19.1. The fourth-order valence-corrected chi connectivity index (χ4v) is 3.20. The molecule has 0 bridgehead atoms. The maximum atomic E-state index is 13.3. The monoisotopic (exact) mass is 338 g/mol. The van der Waals surface area contributed by atoms with Gasteiger partial charge in [0.2, 0.25) is 5.91 Å². The Balaban J connectivity index is 1.93. The first-order chi connectivity index (χ1) is 11.9. The largest absolute Gasteiger partial charge is 0.489 e. The minimum Gasteiger partial charge on any atom is -0.489 e. The first-order valence-electron chi connectivity index (χ1n) is 8.33. The van der Waals surface area contributed by atoms with Crippen LogP contribution >= 0.6 is 0 Å². The Morgan fingerprint density at radius 3 is 2.64 bits per heavy atom. The van der Waals surface area contributed by atoms with Crippen LogP contribution in [0.3, 0.4) is 0 Å². The van der Waals surface area contributed by atoms with Crippen molar-refractivity contribution in [1.29, 1.82) is 0 Å². The molecule has 1 saturated carbocycles. The minimum atomic E-state index is -0.911. The van der Waals surface area contributed by atoms with Crippen LogP contribution in [0.2, 0.25) is 0 Å². The lowest BCUT2D eigenvalue weighted by Crippen LogP contribution is -2.39. The van der Waals surface area contributed by atoms with E-state index in [9.17, 15) is 9.18 Å². The van der Waals surface area contributed by atoms with Gasteiger partial charge in [-0.25, -0.2) is 9.37 Å². The predicted molar refractivity (Wildman–Crippen MR) is 93.4 cm³/mol. The van der Waals surface area contributed by atoms with E-state index < -0.39 is 11.3 Å². The third-order valence-corrected chi connectivity index (χ3v) is 5.13. The summed E-state index contributed by atoms with van der Waals surface area (Å²) in [4.78, 5) is 16.8. The second-order valence-corrected chi connectivity index (χ2v) is 7.02. The number of benzene rings is 1. The van der Waals surface area contributed by atoms with E-state index in [1.54, 1.807) is 19.1 Å². The van der Waals surface area contributed by atoms with Crippen LogP contribution in [0.5, 0.6) is 5.75 Å². The van der Waals surface area contributed by atoms with E-state index in [1.807, 2.05) is 6.07 Å². The number of fused-ring (bicyclic) bond motifs is 1. The topological polar surface area (TPSA) is 65.2 Å². The lowest BCUT2D eigenvalue weighted by atomic mass is 9.82. The molecular weight excluding hydrogens is 319 g/mol. The van der Waals surface area contributed by atoms with Gasteiger partial charge in [-0.15, -0.1) is 0 Å². The second kappa shape index (κ2) is 5.41. The zero-order valence-electron chi connectivity index (χ0n) is 14.0. The molecule has 128 valence electrons. The van der Waals surface area contributed by atoms with Crippen molar-refractivity contribution in [1.82, 2.24) is 4.98 Å². The first kappa shape index (κ1) is 15.8. The number of hydrogen-bond acceptors (Lipinski definition) is 3. The van der Waals surface area contributed by atoms with Crippen molar-refractivity contribution in [3.63, 3.8) is 0 Å². The molecule has 2 N–H and O–H groups in total. The van der Waals surface area contributed by atoms with Crippen LogP contribution in [0.4, 0.5) is 4.39 Å². The van der Waals surface area contributed by atoms with Gasteiger partial charge in [0.05, 0.1) is 5.69 Å². The van der Waals surface area contributed by atoms with E-state index in [4.69, 9.17) is 15.5 Å². The van der Waals surface area contributed by atoms with Crippen molar-refractivity contribution in [3.8, 4) is 17.0 Å². The number of nitrogens with zero attached hydrogens (tertiary/aromatic N) is 1. The molecule has 4 nitrogen and oxygen atoms in total. The third kappa shape index (κ3) is 2.51. The standard InChI is InChI=1S/C20H19FN2O2/c1-11(12-3-4-12)16-9-15-18(25-10-20(15,2)19(22)24)17(23-16)13-5-7-14(21)8-6-13/h5-9,12H,1,3-4,10H2,2H3,(H2,22,24)/t20-/m0/s1. The smallest absolute Gasteiger partial charge is 0.231 e. The van der Waals surface area contributed by atoms with Crippen LogP contribution in [0.15, 0.2) is 36.9 Å². The van der Waals surface area contributed by atoms with Crippen LogP contribution in [-0.4, -0.2) is 17.5 Å². The third-order valence-electron chi connectivity index (χ3n) is 5.13. The molecule has 5 heteroatoms. The van der Waals surface area contributed by atoms with E-state index in [-0.39, 0.29) is 12.4 Å². The SMILES string of the molecule is C=C(c1cc2c(c(-c3ccc(F)cc3)n1)OC[C@]2(C)C(N)=O)C1CC1. The summed E-state index contributed by atoms with van der Waals surface area (Å²) in [7, 11) is 0. The van der Waals surface area contributed by atoms with E-state index in [0.29, 0.717) is 17.4 Å². The van der Waals surface area contributed by atoms with Gasteiger partial charge in [-0.2, -0.15) is 0 Å². The molecule has 1 aromatic heterocycles. The molecule has 1 aliphatic carbocycles. The zero-order valence-corrected chi connectivity index (χ0v) is 14.0. The van der Waals surface area contributed by atoms with Crippen LogP contribution in [0.25, 0.3) is 16.8 Å². The van der Waals surface area contributed by atoms with E-state index in [0.717, 1.165) is 35.2 Å². The van der Waals surface area contributed by atoms with Gasteiger partial charge in [0.1, 0.15) is 29.3 Å². The second-order valence-electron chi connectivity index (χ2n) is 7.02. The Kier molecular flexibility index (Phi) is 3.42. The van der Waals surface area contributed by atoms with E-state index >= 15 is 0 Å². The highest BCUT2D eigenvalue weighted by molar-refractivity contribution is 5.90. The Morgan fingerprint density at radius 1 is 1.36 bits per heavy atom. The quantitative estimate of drug-likeness (QED) is 0.928. The molecule has 0 saturated heterocycles. The molecule has 0 unspecified atom stereocenters. The molecule has 1 aliphatic heterocycles. The number of ether oxygens (including phenoxy) is 1. The van der Waals surface area contributed by atoms with Gasteiger partial charge >= 0.3 is 0 Å². The maximum absolute atomic E-state index is 13.3. The number of halogens is 1. The Morgan fingerprint density at radius 2 is 2.04 bits per heavy atom. The van der Waals surface area contributed by atoms with E-state index in [1.165, 1.54) is 12.1 Å². The molecule has 0 radical (unpaired) electrons. The molecule has 4 rings (SSSR count). The summed E-state index contributed by atoms with van der Waals surface area (Å²) in [5, 5.41) is 0. The van der Waals surface area contributed by atoms with Crippen LogP contribution in [-0.2, 0) is 10.2 Å². The molecule has 25 heavy (non-hydrogen) atoms. The number of nitrogens with two attached hydrogens (primary N) is 1. The summed E-state index contributed by atoms with van der Waals surface area (Å²) in [6, 6.07) is 7.96. The highest BCUT2D eigenvalue weighted by Gasteiger charge is 2.44. The molecule has 0 spiro atoms. The molecule has 1 amide bonds. The van der Waals surface area contributed by atoms with Crippen molar-refractivity contribution in [3.05, 3.63) is 54.0 Å². The number of amides is 1. The number of pyridine rings is 1. The predicted octanol–water partition coefficient (Wildman–Crippen LogP) is 3.45. The van der Waals surface area contributed by atoms with Crippen LogP contribution in [0.1, 0.15) is 31.0 Å². The summed E-state index contributed by atoms with van der Waals surface area (Å²) in [6.45, 7) is 6.13. The lowest BCUT2D eigenvalue weighted by molar-refractivity contribution is -0.123. The fraction of sp³-hybridized carbons (Fsp3) is 0.300. The average Bonchev–Trinajstić information content (AvgIpc) is 3.39. The minimum absolute atomic E-state index is 0.174. The Labute approximate surface area is 145 Å². The van der Waals surface area contributed by atoms with Crippen molar-refractivity contribution in [2.45, 2.75) is 25.2 Å². The average molecular weight is 338 g/mol. The molecule has 1 fully saturated rings. The number of carbonyl (C=O) groups is 1. The molecular formula is C20H19FN2O2. The van der Waals surface area contributed by atoms with Gasteiger partial charge < -0.3 is 10.5 Å². The van der Waals surface area contributed by atoms with Crippen molar-refractivity contribution in [2.75, 3.05) is 6.61 Å². The molecule has 2 aliphatic rings. The maximum Gasteiger partial charge on any atom is 0.231 e. The first-order valence-corrected chi connectivity index (χ1v) is 8.33. The number of aromatic nitrogens is 1. The highest BCUT2D eigenvalue weighted by atomic mass is 19.1. The summed E-state index contributed by atoms with van der Waals surface area (Å²) in [5.41, 5.74) is 8.50. The van der Waals surface area contributed by atoms with Gasteiger partial charge in [-0.3, -0.25) is 4.79 Å². The number of carbonyl (C=O) groups excluding carboxylic acids is 1. The van der Waals surface area contributed by atoms with Crippen molar-refractivity contribution < 1.29 is 13.9 Å². The molecule has 2 heterocycles. The Hall–Kier alpha value is -2.69. The number of hydrogen-bond donors (Lipinski definition) is 1. The van der Waals surface area contributed by atoms with Crippen LogP contribution in [0, 0.1) is 11.7 Å². The van der Waals surface area contributed by atoms with Gasteiger partial charge in [0.25, 0.3) is 0 Å². The van der Waals surface area contributed by atoms with Crippen molar-refractivity contribution >= 4 is 11.5 Å². The van der Waals surface area contributed by atoms with Gasteiger partial charge in [-0.1, -0.05) is 6.58 Å². The number of rotatable bonds is 4. The fourth-order valence-electron chi connectivity index (χ4n) is 3.20. The summed E-state index contributed by atoms with van der Waals surface area (Å²) >= 11 is 0. The van der Waals surface area contributed by atoms with Crippen LogP contribution < -0.4 is 10.5 Å². The number of primary amides is 1. The lowest BCUT2D eigenvalue weighted by Gasteiger charge is -2.19. The molecule has 1 atom stereocenters. The Bertz CT molecular complexity index is 887. The van der Waals surface area contributed by atoms with Gasteiger partial charge in [-0.05, 0) is 61.6 Å². The summed E-state index contributed by atoms with van der Waals surface area (Å²) in [6.07, 6.45) is 2.21. The van der Waals surface area contributed by atoms with E-state index in [2.05, 4.69) is 6.58 Å².